The molecule has 11 nitrogen and oxygen atoms in total. The Hall–Kier alpha value is -3.80. The third kappa shape index (κ3) is 8.77. The molecule has 3 N–H and O–H groups in total. The molecule has 0 radical (unpaired) electrons. The van der Waals surface area contributed by atoms with Gasteiger partial charge >= 0.3 is 0 Å². The van der Waals surface area contributed by atoms with Crippen LogP contribution in [0.5, 0.6) is 0 Å². The number of amides is 4. The van der Waals surface area contributed by atoms with Gasteiger partial charge in [-0.3, -0.25) is 28.8 Å². The molecule has 1 aromatic carbocycles. The summed E-state index contributed by atoms with van der Waals surface area (Å²) >= 11 is 0. The van der Waals surface area contributed by atoms with Crippen molar-refractivity contribution < 1.29 is 23.6 Å². The van der Waals surface area contributed by atoms with E-state index in [1.54, 1.807) is 41.8 Å². The van der Waals surface area contributed by atoms with Crippen molar-refractivity contribution in [3.63, 3.8) is 0 Å². The molecule has 258 valence electrons. The Morgan fingerprint density at radius 1 is 0.979 bits per heavy atom. The Labute approximate surface area is 278 Å². The molecule has 12 heteroatoms. The van der Waals surface area contributed by atoms with Crippen LogP contribution in [0.1, 0.15) is 95.6 Å². The Kier molecular flexibility index (Phi) is 12.5. The van der Waals surface area contributed by atoms with E-state index < -0.39 is 35.6 Å². The molecule has 2 heterocycles. The maximum absolute atomic E-state index is 15.7. The van der Waals surface area contributed by atoms with Gasteiger partial charge in [0.15, 0.2) is 0 Å². The second kappa shape index (κ2) is 16.3. The summed E-state index contributed by atoms with van der Waals surface area (Å²) in [6.45, 7) is 15.0. The monoisotopic (exact) mass is 653 g/mol. The quantitative estimate of drug-likeness (QED) is 0.316. The minimum absolute atomic E-state index is 0.0158. The zero-order valence-corrected chi connectivity index (χ0v) is 28.7. The summed E-state index contributed by atoms with van der Waals surface area (Å²) in [5.41, 5.74) is 0.868. The average Bonchev–Trinajstić information content (AvgIpc) is 3.56. The molecule has 2 fully saturated rings. The number of aromatic nitrogens is 2. The van der Waals surface area contributed by atoms with Crippen LogP contribution >= 0.6 is 0 Å². The number of likely N-dealkylation sites (N-methyl/N-ethyl adjacent to an activating group) is 1. The van der Waals surface area contributed by atoms with E-state index in [0.29, 0.717) is 36.8 Å². The van der Waals surface area contributed by atoms with E-state index in [4.69, 9.17) is 0 Å². The van der Waals surface area contributed by atoms with Gasteiger partial charge < -0.3 is 20.9 Å². The van der Waals surface area contributed by atoms with E-state index in [-0.39, 0.29) is 35.9 Å². The van der Waals surface area contributed by atoms with Gasteiger partial charge in [0.05, 0.1) is 5.69 Å². The number of anilines is 1. The third-order valence-corrected chi connectivity index (χ3v) is 10.0. The zero-order chi connectivity index (χ0) is 34.2. The smallest absolute Gasteiger partial charge is 0.270 e. The van der Waals surface area contributed by atoms with Crippen LogP contribution in [0.25, 0.3) is 0 Å². The largest absolute Gasteiger partial charge is 0.344 e. The van der Waals surface area contributed by atoms with Gasteiger partial charge in [-0.25, -0.2) is 4.39 Å². The number of halogens is 1. The molecular formula is C35H52FN7O4. The lowest BCUT2D eigenvalue weighted by atomic mass is 9.79. The molecule has 4 amide bonds. The highest BCUT2D eigenvalue weighted by atomic mass is 19.1. The number of benzene rings is 1. The Bertz CT molecular complexity index is 1410. The second-order valence-electron chi connectivity index (χ2n) is 13.2. The number of hydrogen-bond donors (Lipinski definition) is 3. The third-order valence-electron chi connectivity index (χ3n) is 10.0. The predicted molar refractivity (Wildman–Crippen MR) is 179 cm³/mol. The first kappa shape index (κ1) is 36.0. The van der Waals surface area contributed by atoms with Gasteiger partial charge in [0.2, 0.25) is 17.7 Å². The van der Waals surface area contributed by atoms with Crippen LogP contribution < -0.4 is 16.0 Å². The van der Waals surface area contributed by atoms with Crippen LogP contribution in [-0.4, -0.2) is 87.5 Å². The number of carbonyl (C=O) groups is 4. The number of nitrogens with one attached hydrogen (secondary N) is 3. The molecule has 0 spiro atoms. The summed E-state index contributed by atoms with van der Waals surface area (Å²) in [7, 11) is 0. The SMILES string of the molecule is CCC(=O)N[C@@H](C(=O)N1CCN(CC)[C@H](C)C1)[C@@H](C)c1ccc(NC(=O)[C@@H](NC(=O)c2ccnn2CC)C2CCC(C)CC2)c(F)c1. The van der Waals surface area contributed by atoms with Crippen molar-refractivity contribution in [1.29, 1.82) is 0 Å². The molecule has 2 aliphatic rings. The normalized spacial score (nSPS) is 22.2. The molecule has 1 aromatic heterocycles. The van der Waals surface area contributed by atoms with Gasteiger partial charge in [-0.2, -0.15) is 5.10 Å². The van der Waals surface area contributed by atoms with Gasteiger partial charge in [-0.1, -0.05) is 46.6 Å². The molecule has 1 aliphatic heterocycles. The molecule has 1 saturated carbocycles. The maximum atomic E-state index is 15.7. The summed E-state index contributed by atoms with van der Waals surface area (Å²) in [4.78, 5) is 57.3. The number of piperazine rings is 1. The van der Waals surface area contributed by atoms with Crippen molar-refractivity contribution in [3.8, 4) is 0 Å². The van der Waals surface area contributed by atoms with Gasteiger partial charge in [0.1, 0.15) is 23.6 Å². The lowest BCUT2D eigenvalue weighted by Gasteiger charge is -2.41. The van der Waals surface area contributed by atoms with Crippen molar-refractivity contribution in [2.75, 3.05) is 31.5 Å². The van der Waals surface area contributed by atoms with E-state index in [2.05, 4.69) is 46.7 Å². The molecule has 1 saturated heterocycles. The van der Waals surface area contributed by atoms with Crippen molar-refractivity contribution in [1.82, 2.24) is 30.2 Å². The van der Waals surface area contributed by atoms with Crippen LogP contribution in [-0.2, 0) is 20.9 Å². The lowest BCUT2D eigenvalue weighted by Crippen LogP contribution is -2.58. The summed E-state index contributed by atoms with van der Waals surface area (Å²) in [6, 6.07) is 4.56. The molecule has 47 heavy (non-hydrogen) atoms. The Balaban J connectivity index is 1.52. The zero-order valence-electron chi connectivity index (χ0n) is 28.7. The van der Waals surface area contributed by atoms with Gasteiger partial charge in [0, 0.05) is 50.8 Å². The lowest BCUT2D eigenvalue weighted by molar-refractivity contribution is -0.139. The second-order valence-corrected chi connectivity index (χ2v) is 13.2. The molecular weight excluding hydrogens is 601 g/mol. The van der Waals surface area contributed by atoms with E-state index in [0.717, 1.165) is 38.8 Å². The molecule has 2 aromatic rings. The molecule has 1 aliphatic carbocycles. The van der Waals surface area contributed by atoms with Crippen LogP contribution in [0.3, 0.4) is 0 Å². The maximum Gasteiger partial charge on any atom is 0.270 e. The van der Waals surface area contributed by atoms with Crippen LogP contribution in [0.2, 0.25) is 0 Å². The van der Waals surface area contributed by atoms with Crippen LogP contribution in [0.15, 0.2) is 30.5 Å². The molecule has 4 rings (SSSR count). The number of rotatable bonds is 12. The first-order valence-corrected chi connectivity index (χ1v) is 17.2. The minimum atomic E-state index is -0.868. The highest BCUT2D eigenvalue weighted by molar-refractivity contribution is 6.00. The molecule has 0 bridgehead atoms. The van der Waals surface area contributed by atoms with Gasteiger partial charge in [-0.05, 0) is 68.8 Å². The van der Waals surface area contributed by atoms with Crippen LogP contribution in [0.4, 0.5) is 10.1 Å². The fourth-order valence-electron chi connectivity index (χ4n) is 6.87. The standard InChI is InChI=1S/C35H52FN7O4/c1-7-30(44)39-31(35(47)42-19-18-41(8-2)23(5)21-42)24(6)26-14-15-28(27(36)20-26)38-34(46)32(25-12-10-22(4)11-13-25)40-33(45)29-16-17-37-43(29)9-3/h14-17,20,22-25,31-32H,7-13,18-19,21H2,1-6H3,(H,38,46)(H,39,44)(H,40,45)/t22?,23-,24+,25?,31-,32+/m1/s1. The van der Waals surface area contributed by atoms with E-state index in [1.165, 1.54) is 12.1 Å². The number of hydrogen-bond acceptors (Lipinski definition) is 6. The first-order chi connectivity index (χ1) is 22.5. The topological polar surface area (TPSA) is 129 Å². The van der Waals surface area contributed by atoms with E-state index >= 15 is 4.39 Å². The molecule has 0 unspecified atom stereocenters. The number of aryl methyl sites for hydroxylation is 1. The highest BCUT2D eigenvalue weighted by Gasteiger charge is 2.36. The Morgan fingerprint density at radius 3 is 2.32 bits per heavy atom. The number of nitrogens with zero attached hydrogens (tertiary/aromatic N) is 4. The van der Waals surface area contributed by atoms with Crippen molar-refractivity contribution in [3.05, 3.63) is 47.5 Å². The van der Waals surface area contributed by atoms with E-state index in [9.17, 15) is 19.2 Å². The number of carbonyl (C=O) groups excluding carboxylic acids is 4. The van der Waals surface area contributed by atoms with Gasteiger partial charge in [-0.15, -0.1) is 0 Å². The summed E-state index contributed by atoms with van der Waals surface area (Å²) in [5.74, 6) is -2.07. The summed E-state index contributed by atoms with van der Waals surface area (Å²) in [5, 5.41) is 12.7. The fraction of sp³-hybridized carbons (Fsp3) is 0.629. The summed E-state index contributed by atoms with van der Waals surface area (Å²) < 4.78 is 17.3. The van der Waals surface area contributed by atoms with Crippen molar-refractivity contribution in [2.24, 2.45) is 11.8 Å². The van der Waals surface area contributed by atoms with Gasteiger partial charge in [0.25, 0.3) is 5.91 Å². The fourth-order valence-corrected chi connectivity index (χ4v) is 6.87. The van der Waals surface area contributed by atoms with Crippen LogP contribution in [0, 0.1) is 17.7 Å². The first-order valence-electron chi connectivity index (χ1n) is 17.2. The van der Waals surface area contributed by atoms with E-state index in [1.807, 2.05) is 6.92 Å². The van der Waals surface area contributed by atoms with Crippen molar-refractivity contribution >= 4 is 29.3 Å². The average molecular weight is 654 g/mol. The molecule has 4 atom stereocenters. The summed E-state index contributed by atoms with van der Waals surface area (Å²) in [6.07, 6.45) is 5.20. The predicted octanol–water partition coefficient (Wildman–Crippen LogP) is 4.16. The highest BCUT2D eigenvalue weighted by Crippen LogP contribution is 2.32. The Morgan fingerprint density at radius 2 is 1.70 bits per heavy atom. The van der Waals surface area contributed by atoms with Crippen molar-refractivity contribution in [2.45, 2.75) is 104 Å². The minimum Gasteiger partial charge on any atom is -0.344 e.